The smallest absolute Gasteiger partial charge is 0.328 e. The highest BCUT2D eigenvalue weighted by atomic mass is 32.1. The van der Waals surface area contributed by atoms with E-state index in [-0.39, 0.29) is 54.3 Å². The predicted molar refractivity (Wildman–Crippen MR) is 192 cm³/mol. The van der Waals surface area contributed by atoms with Crippen molar-refractivity contribution in [2.24, 2.45) is 11.8 Å². The molecule has 50 heavy (non-hydrogen) atoms. The monoisotopic (exact) mass is 713 g/mol. The molecule has 0 bridgehead atoms. The van der Waals surface area contributed by atoms with Gasteiger partial charge in [-0.25, -0.2) is 9.78 Å². The van der Waals surface area contributed by atoms with Crippen LogP contribution < -0.4 is 16.0 Å². The van der Waals surface area contributed by atoms with Crippen molar-refractivity contribution >= 4 is 41.0 Å². The molecule has 3 amide bonds. The molecule has 6 atom stereocenters. The average molecular weight is 714 g/mol. The van der Waals surface area contributed by atoms with Crippen LogP contribution in [0.3, 0.4) is 0 Å². The Morgan fingerprint density at radius 1 is 1.06 bits per heavy atom. The Kier molecular flexibility index (Phi) is 16.3. The fourth-order valence-corrected chi connectivity index (χ4v) is 7.05. The second-order valence-electron chi connectivity index (χ2n) is 13.4. The number of carbonyl (C=O) groups excluding carboxylic acids is 5. The molecule has 2 aromatic rings. The molecule has 3 N–H and O–H groups in total. The Labute approximate surface area is 300 Å². The van der Waals surface area contributed by atoms with Crippen molar-refractivity contribution in [1.82, 2.24) is 25.8 Å². The molecular formula is C37H55N5O7S. The average Bonchev–Trinajstić information content (AvgIpc) is 3.61. The molecule has 0 aliphatic carbocycles. The van der Waals surface area contributed by atoms with Crippen LogP contribution >= 0.6 is 11.3 Å². The van der Waals surface area contributed by atoms with Crippen molar-refractivity contribution < 1.29 is 33.4 Å². The van der Waals surface area contributed by atoms with E-state index >= 15 is 0 Å². The van der Waals surface area contributed by atoms with E-state index in [0.29, 0.717) is 24.4 Å². The van der Waals surface area contributed by atoms with E-state index in [9.17, 15) is 24.0 Å². The third-order valence-electron chi connectivity index (χ3n) is 9.19. The fraction of sp³-hybridized carbons (Fsp3) is 0.622. The molecule has 0 unspecified atom stereocenters. The summed E-state index contributed by atoms with van der Waals surface area (Å²) in [7, 11) is 1.27. The summed E-state index contributed by atoms with van der Waals surface area (Å²) in [6, 6.07) is 6.93. The number of hydrogen-bond acceptors (Lipinski definition) is 10. The Bertz CT molecular complexity index is 1410. The van der Waals surface area contributed by atoms with Gasteiger partial charge in [0.2, 0.25) is 11.8 Å². The van der Waals surface area contributed by atoms with Gasteiger partial charge in [0.25, 0.3) is 5.91 Å². The van der Waals surface area contributed by atoms with Crippen molar-refractivity contribution in [2.75, 3.05) is 20.2 Å². The maximum Gasteiger partial charge on any atom is 0.328 e. The number of aromatic nitrogens is 1. The van der Waals surface area contributed by atoms with Gasteiger partial charge in [0.15, 0.2) is 6.10 Å². The molecule has 1 aliphatic rings. The molecule has 1 aromatic heterocycles. The summed E-state index contributed by atoms with van der Waals surface area (Å²) in [5.74, 6) is -2.16. The topological polar surface area (TPSA) is 156 Å². The van der Waals surface area contributed by atoms with E-state index in [1.165, 1.54) is 25.4 Å². The van der Waals surface area contributed by atoms with E-state index < -0.39 is 36.0 Å². The molecular weight excluding hydrogens is 659 g/mol. The predicted octanol–water partition coefficient (Wildman–Crippen LogP) is 4.59. The Morgan fingerprint density at radius 3 is 2.36 bits per heavy atom. The highest BCUT2D eigenvalue weighted by molar-refractivity contribution is 7.09. The molecule has 12 nitrogen and oxygen atoms in total. The summed E-state index contributed by atoms with van der Waals surface area (Å²) in [4.78, 5) is 72.4. The number of carbonyl (C=O) groups is 5. The first-order chi connectivity index (χ1) is 23.9. The molecule has 1 aromatic carbocycles. The first-order valence-corrected chi connectivity index (χ1v) is 18.7. The number of esters is 2. The standard InChI is InChI=1S/C37H55N5O7S/c1-8-19-42(36(46)32(24(5)9-2)41-33(44)27-17-13-14-18-38-27)30(23(3)4)21-31(49-25(6)43)35-40-29(22-50-35)34(45)39-28(37(47)48-7)20-26-15-11-10-12-16-26/h10-12,15-16,22-24,27-28,30-32,38H,8-9,13-14,17-21H2,1-7H3,(H,39,45)(H,41,44)/t24-,27+,28-,30+,31+,32-/m0/s1. The molecule has 1 aliphatic heterocycles. The van der Waals surface area contributed by atoms with Gasteiger partial charge in [0, 0.05) is 37.7 Å². The molecule has 1 saturated heterocycles. The molecule has 0 saturated carbocycles. The number of nitrogens with one attached hydrogen (secondary N) is 3. The van der Waals surface area contributed by atoms with Crippen LogP contribution in [-0.4, -0.2) is 83.9 Å². The minimum Gasteiger partial charge on any atom is -0.467 e. The van der Waals surface area contributed by atoms with Gasteiger partial charge >= 0.3 is 11.9 Å². The van der Waals surface area contributed by atoms with Crippen molar-refractivity contribution in [3.8, 4) is 0 Å². The van der Waals surface area contributed by atoms with Crippen molar-refractivity contribution in [1.29, 1.82) is 0 Å². The number of methoxy groups -OCH3 is 1. The lowest BCUT2D eigenvalue weighted by Gasteiger charge is -2.39. The molecule has 3 rings (SSSR count). The number of thiazole rings is 1. The highest BCUT2D eigenvalue weighted by Gasteiger charge is 2.38. The summed E-state index contributed by atoms with van der Waals surface area (Å²) in [5.41, 5.74) is 0.923. The SMILES string of the molecule is CCCN(C(=O)[C@@H](NC(=O)[C@H]1CCCCN1)[C@@H](C)CC)[C@H](C[C@@H](OC(C)=O)c1nc(C(=O)N[C@@H](Cc2ccccc2)C(=O)OC)cs1)C(C)C. The lowest BCUT2D eigenvalue weighted by atomic mass is 9.92. The van der Waals surface area contributed by atoms with Crippen LogP contribution in [0.4, 0.5) is 0 Å². The van der Waals surface area contributed by atoms with Gasteiger partial charge in [0.1, 0.15) is 22.8 Å². The highest BCUT2D eigenvalue weighted by Crippen LogP contribution is 2.31. The van der Waals surface area contributed by atoms with Crippen molar-refractivity contribution in [3.05, 3.63) is 52.0 Å². The number of hydrogen-bond donors (Lipinski definition) is 3. The van der Waals surface area contributed by atoms with Crippen LogP contribution in [0.2, 0.25) is 0 Å². The van der Waals surface area contributed by atoms with Crippen molar-refractivity contribution in [3.63, 3.8) is 0 Å². The second kappa shape index (κ2) is 20.1. The van der Waals surface area contributed by atoms with Gasteiger partial charge < -0.3 is 30.3 Å². The van der Waals surface area contributed by atoms with Gasteiger partial charge in [0.05, 0.1) is 13.2 Å². The normalized spacial score (nSPS) is 17.5. The van der Waals surface area contributed by atoms with Crippen LogP contribution in [0.15, 0.2) is 35.7 Å². The lowest BCUT2D eigenvalue weighted by Crippen LogP contribution is -2.58. The summed E-state index contributed by atoms with van der Waals surface area (Å²) >= 11 is 1.17. The number of rotatable bonds is 18. The number of piperidine rings is 1. The van der Waals surface area contributed by atoms with Gasteiger partial charge in [-0.15, -0.1) is 11.3 Å². The number of benzene rings is 1. The second-order valence-corrected chi connectivity index (χ2v) is 14.3. The summed E-state index contributed by atoms with van der Waals surface area (Å²) in [5, 5.41) is 11.0. The molecule has 2 heterocycles. The van der Waals surface area contributed by atoms with E-state index in [0.717, 1.165) is 31.4 Å². The van der Waals surface area contributed by atoms with E-state index in [1.807, 2.05) is 69.9 Å². The van der Waals surface area contributed by atoms with Crippen LogP contribution in [0, 0.1) is 11.8 Å². The molecule has 0 spiro atoms. The minimum absolute atomic E-state index is 0.0432. The largest absolute Gasteiger partial charge is 0.467 e. The first kappa shape index (κ1) is 40.6. The third kappa shape index (κ3) is 11.6. The maximum atomic E-state index is 14.4. The molecule has 276 valence electrons. The van der Waals surface area contributed by atoms with Gasteiger partial charge in [-0.2, -0.15) is 0 Å². The zero-order valence-electron chi connectivity index (χ0n) is 30.5. The number of amides is 3. The summed E-state index contributed by atoms with van der Waals surface area (Å²) in [6.45, 7) is 12.5. The third-order valence-corrected chi connectivity index (χ3v) is 10.1. The Morgan fingerprint density at radius 2 is 1.78 bits per heavy atom. The van der Waals surface area contributed by atoms with Crippen LogP contribution in [0.5, 0.6) is 0 Å². The van der Waals surface area contributed by atoms with Gasteiger partial charge in [-0.3, -0.25) is 19.2 Å². The Hall–Kier alpha value is -3.84. The van der Waals surface area contributed by atoms with E-state index in [2.05, 4.69) is 20.9 Å². The summed E-state index contributed by atoms with van der Waals surface area (Å²) in [6.07, 6.45) is 3.72. The van der Waals surface area contributed by atoms with Crippen LogP contribution in [-0.2, 0) is 35.1 Å². The van der Waals surface area contributed by atoms with Crippen molar-refractivity contribution in [2.45, 2.75) is 117 Å². The van der Waals surface area contributed by atoms with E-state index in [4.69, 9.17) is 9.47 Å². The van der Waals surface area contributed by atoms with Gasteiger partial charge in [-0.05, 0) is 43.2 Å². The van der Waals surface area contributed by atoms with E-state index in [1.54, 1.807) is 5.38 Å². The Balaban J connectivity index is 1.86. The number of nitrogens with zero attached hydrogens (tertiary/aromatic N) is 2. The lowest BCUT2D eigenvalue weighted by molar-refractivity contribution is -0.149. The molecule has 0 radical (unpaired) electrons. The van der Waals surface area contributed by atoms with Crippen LogP contribution in [0.25, 0.3) is 0 Å². The summed E-state index contributed by atoms with van der Waals surface area (Å²) < 4.78 is 10.7. The van der Waals surface area contributed by atoms with Crippen LogP contribution in [0.1, 0.15) is 107 Å². The first-order valence-electron chi connectivity index (χ1n) is 17.8. The molecule has 13 heteroatoms. The fourth-order valence-electron chi connectivity index (χ4n) is 6.21. The quantitative estimate of drug-likeness (QED) is 0.188. The maximum absolute atomic E-state index is 14.4. The minimum atomic E-state index is -0.934. The number of ether oxygens (including phenoxy) is 2. The zero-order chi connectivity index (χ0) is 36.8. The molecule has 1 fully saturated rings. The zero-order valence-corrected chi connectivity index (χ0v) is 31.3. The van der Waals surface area contributed by atoms with Gasteiger partial charge in [-0.1, -0.05) is 77.8 Å².